The third kappa shape index (κ3) is 4.92. The van der Waals surface area contributed by atoms with Gasteiger partial charge in [-0.3, -0.25) is 4.98 Å². The van der Waals surface area contributed by atoms with Crippen LogP contribution in [-0.2, 0) is 6.54 Å². The first kappa shape index (κ1) is 22.0. The molecule has 0 N–H and O–H groups in total. The second-order valence-corrected chi connectivity index (χ2v) is 9.28. The van der Waals surface area contributed by atoms with Gasteiger partial charge >= 0.3 is 0 Å². The predicted octanol–water partition coefficient (Wildman–Crippen LogP) is 6.91. The van der Waals surface area contributed by atoms with E-state index in [0.29, 0.717) is 0 Å². The van der Waals surface area contributed by atoms with Crippen molar-refractivity contribution in [3.63, 3.8) is 0 Å². The fraction of sp³-hybridized carbons (Fsp3) is 0.321. The summed E-state index contributed by atoms with van der Waals surface area (Å²) in [6.07, 6.45) is 11.3. The maximum absolute atomic E-state index is 6.39. The molecule has 2 aromatic carbocycles. The molecule has 0 spiro atoms. The molecule has 170 valence electrons. The van der Waals surface area contributed by atoms with E-state index in [0.717, 1.165) is 47.0 Å². The van der Waals surface area contributed by atoms with E-state index in [4.69, 9.17) is 16.3 Å². The maximum Gasteiger partial charge on any atom is 0.119 e. The molecule has 5 heteroatoms. The topological polar surface area (TPSA) is 30.3 Å². The molecule has 3 heterocycles. The van der Waals surface area contributed by atoms with Crippen molar-refractivity contribution < 1.29 is 4.74 Å². The van der Waals surface area contributed by atoms with E-state index in [-0.39, 0.29) is 0 Å². The van der Waals surface area contributed by atoms with Crippen LogP contribution in [0.4, 0.5) is 0 Å². The van der Waals surface area contributed by atoms with Crippen LogP contribution in [0.15, 0.2) is 67.1 Å². The van der Waals surface area contributed by atoms with Crippen molar-refractivity contribution in [2.24, 2.45) is 0 Å². The minimum absolute atomic E-state index is 0.771. The van der Waals surface area contributed by atoms with Crippen LogP contribution in [0, 0.1) is 0 Å². The summed E-state index contributed by atoms with van der Waals surface area (Å²) in [7, 11) is 1.69. The normalized spacial score (nSPS) is 14.6. The number of hydrogen-bond acceptors (Lipinski definition) is 3. The van der Waals surface area contributed by atoms with Crippen molar-refractivity contribution >= 4 is 22.5 Å². The molecule has 0 saturated carbocycles. The van der Waals surface area contributed by atoms with E-state index < -0.39 is 0 Å². The van der Waals surface area contributed by atoms with Gasteiger partial charge in [-0.15, -0.1) is 0 Å². The molecular formula is C28H30ClN3O. The number of methoxy groups -OCH3 is 1. The van der Waals surface area contributed by atoms with Gasteiger partial charge in [0.05, 0.1) is 12.6 Å². The second-order valence-electron chi connectivity index (χ2n) is 8.85. The lowest BCUT2D eigenvalue weighted by atomic mass is 10.0. The minimum atomic E-state index is 0.771. The molecule has 5 rings (SSSR count). The standard InChI is InChI=1S/C28H30ClN3O/c1-33-25-8-5-7-21(16-25)22-15-23(19-30-18-22)27-20-32(28-17-24(29)9-10-26(27)28)14-6-13-31-11-3-2-4-12-31/h5,7-10,15-20H,2-4,6,11-14H2,1H3. The Morgan fingerprint density at radius 1 is 0.909 bits per heavy atom. The van der Waals surface area contributed by atoms with Gasteiger partial charge in [-0.2, -0.15) is 0 Å². The first-order valence-corrected chi connectivity index (χ1v) is 12.2. The first-order valence-electron chi connectivity index (χ1n) is 11.8. The number of aryl methyl sites for hydroxylation is 1. The number of hydrogen-bond donors (Lipinski definition) is 0. The Bertz CT molecular complexity index is 1240. The van der Waals surface area contributed by atoms with Crippen LogP contribution in [0.5, 0.6) is 5.75 Å². The molecule has 1 fully saturated rings. The Labute approximate surface area is 200 Å². The highest BCUT2D eigenvalue weighted by Gasteiger charge is 2.14. The quantitative estimate of drug-likeness (QED) is 0.301. The molecule has 1 aliphatic heterocycles. The summed E-state index contributed by atoms with van der Waals surface area (Å²) in [6, 6.07) is 16.5. The second kappa shape index (κ2) is 9.98. The monoisotopic (exact) mass is 459 g/mol. The molecule has 1 saturated heterocycles. The van der Waals surface area contributed by atoms with Crippen LogP contribution in [-0.4, -0.2) is 41.2 Å². The van der Waals surface area contributed by atoms with E-state index in [2.05, 4.69) is 44.9 Å². The summed E-state index contributed by atoms with van der Waals surface area (Å²) >= 11 is 6.39. The molecule has 0 amide bonds. The lowest BCUT2D eigenvalue weighted by Crippen LogP contribution is -2.31. The Morgan fingerprint density at radius 2 is 1.76 bits per heavy atom. The number of nitrogens with zero attached hydrogens (tertiary/aromatic N) is 3. The predicted molar refractivity (Wildman–Crippen MR) is 137 cm³/mol. The molecule has 0 atom stereocenters. The molecular weight excluding hydrogens is 430 g/mol. The Morgan fingerprint density at radius 3 is 2.61 bits per heavy atom. The number of ether oxygens (including phenoxy) is 1. The van der Waals surface area contributed by atoms with Crippen LogP contribution < -0.4 is 4.74 Å². The zero-order valence-corrected chi connectivity index (χ0v) is 19.9. The lowest BCUT2D eigenvalue weighted by Gasteiger charge is -2.26. The molecule has 0 bridgehead atoms. The molecule has 4 aromatic rings. The van der Waals surface area contributed by atoms with Crippen molar-refractivity contribution in [2.45, 2.75) is 32.2 Å². The van der Waals surface area contributed by atoms with E-state index in [1.807, 2.05) is 36.7 Å². The van der Waals surface area contributed by atoms with E-state index in [9.17, 15) is 0 Å². The van der Waals surface area contributed by atoms with Gasteiger partial charge in [-0.05, 0) is 74.8 Å². The van der Waals surface area contributed by atoms with Gasteiger partial charge in [0.2, 0.25) is 0 Å². The lowest BCUT2D eigenvalue weighted by molar-refractivity contribution is 0.223. The Hall–Kier alpha value is -2.82. The summed E-state index contributed by atoms with van der Waals surface area (Å²) < 4.78 is 7.76. The Kier molecular flexibility index (Phi) is 6.65. The van der Waals surface area contributed by atoms with Gasteiger partial charge in [0.25, 0.3) is 0 Å². The van der Waals surface area contributed by atoms with Gasteiger partial charge in [-0.1, -0.05) is 36.2 Å². The van der Waals surface area contributed by atoms with Crippen LogP contribution in [0.2, 0.25) is 5.02 Å². The van der Waals surface area contributed by atoms with E-state index in [1.54, 1.807) is 7.11 Å². The highest BCUT2D eigenvalue weighted by atomic mass is 35.5. The van der Waals surface area contributed by atoms with E-state index >= 15 is 0 Å². The van der Waals surface area contributed by atoms with Crippen molar-refractivity contribution in [3.8, 4) is 28.0 Å². The maximum atomic E-state index is 6.39. The van der Waals surface area contributed by atoms with Crippen molar-refractivity contribution in [1.29, 1.82) is 0 Å². The van der Waals surface area contributed by atoms with Gasteiger partial charge in [0.1, 0.15) is 5.75 Å². The Balaban J connectivity index is 1.45. The average Bonchev–Trinajstić information content (AvgIpc) is 3.22. The van der Waals surface area contributed by atoms with Crippen molar-refractivity contribution in [3.05, 3.63) is 72.1 Å². The molecule has 0 aliphatic carbocycles. The summed E-state index contributed by atoms with van der Waals surface area (Å²) in [4.78, 5) is 7.17. The summed E-state index contributed by atoms with van der Waals surface area (Å²) in [5.41, 5.74) is 5.65. The van der Waals surface area contributed by atoms with Crippen LogP contribution in [0.3, 0.4) is 0 Å². The number of halogens is 1. The molecule has 0 radical (unpaired) electrons. The summed E-state index contributed by atoms with van der Waals surface area (Å²) in [5, 5.41) is 1.98. The molecule has 1 aliphatic rings. The SMILES string of the molecule is COc1cccc(-c2cncc(-c3cn(CCCN4CCCCC4)c4cc(Cl)ccc34)c2)c1. The number of likely N-dealkylation sites (tertiary alicyclic amines) is 1. The number of aromatic nitrogens is 2. The number of fused-ring (bicyclic) bond motifs is 1. The molecule has 4 nitrogen and oxygen atoms in total. The number of pyridine rings is 1. The number of rotatable bonds is 7. The third-order valence-electron chi connectivity index (χ3n) is 6.62. The van der Waals surface area contributed by atoms with Gasteiger partial charge in [0.15, 0.2) is 0 Å². The minimum Gasteiger partial charge on any atom is -0.497 e. The molecule has 0 unspecified atom stereocenters. The fourth-order valence-electron chi connectivity index (χ4n) is 4.88. The average molecular weight is 460 g/mol. The zero-order valence-electron chi connectivity index (χ0n) is 19.1. The van der Waals surface area contributed by atoms with Gasteiger partial charge < -0.3 is 14.2 Å². The summed E-state index contributed by atoms with van der Waals surface area (Å²) in [6.45, 7) is 4.62. The third-order valence-corrected chi connectivity index (χ3v) is 6.85. The molecule has 33 heavy (non-hydrogen) atoms. The smallest absolute Gasteiger partial charge is 0.119 e. The van der Waals surface area contributed by atoms with Crippen LogP contribution >= 0.6 is 11.6 Å². The van der Waals surface area contributed by atoms with E-state index in [1.165, 1.54) is 48.8 Å². The fourth-order valence-corrected chi connectivity index (χ4v) is 5.04. The summed E-state index contributed by atoms with van der Waals surface area (Å²) in [5.74, 6) is 0.845. The van der Waals surface area contributed by atoms with Gasteiger partial charge in [-0.25, -0.2) is 0 Å². The number of piperidine rings is 1. The molecule has 2 aromatic heterocycles. The number of benzene rings is 2. The highest BCUT2D eigenvalue weighted by molar-refractivity contribution is 6.31. The first-order chi connectivity index (χ1) is 16.2. The largest absolute Gasteiger partial charge is 0.497 e. The van der Waals surface area contributed by atoms with Gasteiger partial charge in [0, 0.05) is 52.2 Å². The van der Waals surface area contributed by atoms with Crippen LogP contribution in [0.1, 0.15) is 25.7 Å². The van der Waals surface area contributed by atoms with Crippen molar-refractivity contribution in [2.75, 3.05) is 26.7 Å². The zero-order chi connectivity index (χ0) is 22.6. The van der Waals surface area contributed by atoms with Crippen LogP contribution in [0.25, 0.3) is 33.2 Å². The van der Waals surface area contributed by atoms with Crippen molar-refractivity contribution in [1.82, 2.24) is 14.5 Å². The highest BCUT2D eigenvalue weighted by Crippen LogP contribution is 2.34.